The Morgan fingerprint density at radius 3 is 2.91 bits per heavy atom. The maximum absolute atomic E-state index is 10.7. The van der Waals surface area contributed by atoms with E-state index in [0.29, 0.717) is 19.4 Å². The molecule has 0 aliphatic rings. The number of likely N-dealkylation sites (N-methyl/N-ethyl adjacent to an activating group) is 1. The number of hydrogen-bond donors (Lipinski definition) is 1. The third kappa shape index (κ3) is 6.99. The summed E-state index contributed by atoms with van der Waals surface area (Å²) in [5.74, 6) is -0.313. The van der Waals surface area contributed by atoms with Crippen LogP contribution < -0.4 is 5.32 Å². The van der Waals surface area contributed by atoms with Gasteiger partial charge in [0.05, 0.1) is 6.42 Å². The van der Waals surface area contributed by atoms with Gasteiger partial charge in [0.2, 0.25) is 0 Å². The molecule has 0 bridgehead atoms. The van der Waals surface area contributed by atoms with Gasteiger partial charge in [-0.25, -0.2) is 0 Å². The zero-order valence-corrected chi connectivity index (χ0v) is 6.63. The number of hydrogen-bond acceptors (Lipinski definition) is 4. The molecule has 0 unspecified atom stereocenters. The highest BCUT2D eigenvalue weighted by Crippen LogP contribution is 1.88. The lowest BCUT2D eigenvalue weighted by Gasteiger charge is -2.01. The summed E-state index contributed by atoms with van der Waals surface area (Å²) in [5, 5.41) is 2.83. The van der Waals surface area contributed by atoms with Crippen LogP contribution in [0.4, 0.5) is 0 Å². The van der Waals surface area contributed by atoms with Crippen LogP contribution in [0.25, 0.3) is 0 Å². The van der Waals surface area contributed by atoms with Gasteiger partial charge in [0, 0.05) is 13.0 Å². The number of esters is 1. The van der Waals surface area contributed by atoms with Gasteiger partial charge in [0.15, 0.2) is 0 Å². The van der Waals surface area contributed by atoms with Crippen LogP contribution in [0.3, 0.4) is 0 Å². The zero-order valence-electron chi connectivity index (χ0n) is 6.63. The minimum Gasteiger partial charge on any atom is -0.464 e. The highest BCUT2D eigenvalue weighted by atomic mass is 16.5. The Bertz CT molecular complexity index is 125. The third-order valence-corrected chi connectivity index (χ3v) is 1.08. The number of nitrogens with one attached hydrogen (secondary N) is 1. The second kappa shape index (κ2) is 7.21. The van der Waals surface area contributed by atoms with E-state index in [9.17, 15) is 9.59 Å². The highest BCUT2D eigenvalue weighted by molar-refractivity contribution is 5.72. The first kappa shape index (κ1) is 10.1. The van der Waals surface area contributed by atoms with Crippen molar-refractivity contribution in [1.82, 2.24) is 5.32 Å². The van der Waals surface area contributed by atoms with Gasteiger partial charge < -0.3 is 14.8 Å². The van der Waals surface area contributed by atoms with Gasteiger partial charge in [0.25, 0.3) is 0 Å². The molecule has 0 heterocycles. The minimum atomic E-state index is -0.313. The van der Waals surface area contributed by atoms with Crippen molar-refractivity contribution in [2.75, 3.05) is 20.2 Å². The number of aldehydes is 1. The maximum atomic E-state index is 10.7. The molecule has 4 nitrogen and oxygen atoms in total. The smallest absolute Gasteiger partial charge is 0.306 e. The molecule has 0 aromatic carbocycles. The van der Waals surface area contributed by atoms with E-state index in [2.05, 4.69) is 5.32 Å². The Hall–Kier alpha value is -0.900. The van der Waals surface area contributed by atoms with E-state index in [1.165, 1.54) is 0 Å². The Morgan fingerprint density at radius 2 is 2.36 bits per heavy atom. The highest BCUT2D eigenvalue weighted by Gasteiger charge is 1.99. The lowest BCUT2D eigenvalue weighted by molar-refractivity contribution is -0.144. The number of ether oxygens (including phenoxy) is 1. The average Bonchev–Trinajstić information content (AvgIpc) is 2.01. The Morgan fingerprint density at radius 1 is 1.64 bits per heavy atom. The van der Waals surface area contributed by atoms with Crippen LogP contribution in [0.15, 0.2) is 0 Å². The summed E-state index contributed by atoms with van der Waals surface area (Å²) in [6, 6.07) is 0. The molecule has 0 saturated carbocycles. The molecule has 0 aromatic rings. The molecular weight excluding hydrogens is 146 g/mol. The van der Waals surface area contributed by atoms with Crippen LogP contribution in [0.5, 0.6) is 0 Å². The summed E-state index contributed by atoms with van der Waals surface area (Å²) >= 11 is 0. The van der Waals surface area contributed by atoms with Crippen molar-refractivity contribution in [1.29, 1.82) is 0 Å². The predicted molar refractivity (Wildman–Crippen MR) is 40.2 cm³/mol. The molecule has 0 fully saturated rings. The van der Waals surface area contributed by atoms with Crippen LogP contribution in [0, 0.1) is 0 Å². The van der Waals surface area contributed by atoms with E-state index in [0.717, 1.165) is 0 Å². The molecule has 0 atom stereocenters. The van der Waals surface area contributed by atoms with Gasteiger partial charge in [0.1, 0.15) is 12.9 Å². The minimum absolute atomic E-state index is 0.188. The molecule has 0 spiro atoms. The normalized spacial score (nSPS) is 9.18. The van der Waals surface area contributed by atoms with E-state index in [1.807, 2.05) is 0 Å². The molecule has 0 radical (unpaired) electrons. The van der Waals surface area contributed by atoms with Crippen molar-refractivity contribution in [2.24, 2.45) is 0 Å². The second-order valence-electron chi connectivity index (χ2n) is 2.03. The molecule has 0 saturated heterocycles. The van der Waals surface area contributed by atoms with E-state index in [1.54, 1.807) is 7.05 Å². The summed E-state index contributed by atoms with van der Waals surface area (Å²) in [7, 11) is 1.78. The van der Waals surface area contributed by atoms with E-state index in [4.69, 9.17) is 4.74 Å². The summed E-state index contributed by atoms with van der Waals surface area (Å²) in [4.78, 5) is 20.5. The largest absolute Gasteiger partial charge is 0.464 e. The first-order chi connectivity index (χ1) is 5.31. The average molecular weight is 159 g/mol. The van der Waals surface area contributed by atoms with Crippen LogP contribution in [0.1, 0.15) is 12.8 Å². The summed E-state index contributed by atoms with van der Waals surface area (Å²) in [6.45, 7) is 1.01. The molecule has 11 heavy (non-hydrogen) atoms. The van der Waals surface area contributed by atoms with Gasteiger partial charge >= 0.3 is 5.97 Å². The fourth-order valence-corrected chi connectivity index (χ4v) is 0.516. The molecule has 0 rings (SSSR count). The first-order valence-electron chi connectivity index (χ1n) is 3.55. The maximum Gasteiger partial charge on any atom is 0.306 e. The van der Waals surface area contributed by atoms with Gasteiger partial charge in [-0.1, -0.05) is 0 Å². The molecule has 4 heteroatoms. The van der Waals surface area contributed by atoms with Gasteiger partial charge in [-0.3, -0.25) is 4.79 Å². The van der Waals surface area contributed by atoms with Gasteiger partial charge in [-0.05, 0) is 7.05 Å². The quantitative estimate of drug-likeness (QED) is 0.329. The molecule has 1 N–H and O–H groups in total. The van der Waals surface area contributed by atoms with E-state index in [-0.39, 0.29) is 18.8 Å². The Labute approximate surface area is 65.9 Å². The fourth-order valence-electron chi connectivity index (χ4n) is 0.516. The number of rotatable bonds is 6. The van der Waals surface area contributed by atoms with Crippen molar-refractivity contribution < 1.29 is 14.3 Å². The van der Waals surface area contributed by atoms with Crippen molar-refractivity contribution in [3.05, 3.63) is 0 Å². The van der Waals surface area contributed by atoms with Gasteiger partial charge in [-0.2, -0.15) is 0 Å². The predicted octanol–water partition coefficient (Wildman–Crippen LogP) is -0.272. The summed E-state index contributed by atoms with van der Waals surface area (Å²) < 4.78 is 4.72. The molecule has 64 valence electrons. The van der Waals surface area contributed by atoms with E-state index < -0.39 is 0 Å². The number of carbonyl (C=O) groups is 2. The van der Waals surface area contributed by atoms with Crippen LogP contribution >= 0.6 is 0 Å². The monoisotopic (exact) mass is 159 g/mol. The lowest BCUT2D eigenvalue weighted by atomic mass is 10.3. The Balaban J connectivity index is 3.15. The van der Waals surface area contributed by atoms with Gasteiger partial charge in [-0.15, -0.1) is 0 Å². The third-order valence-electron chi connectivity index (χ3n) is 1.08. The lowest BCUT2D eigenvalue weighted by Crippen LogP contribution is -2.17. The topological polar surface area (TPSA) is 55.4 Å². The first-order valence-corrected chi connectivity index (χ1v) is 3.55. The zero-order chi connectivity index (χ0) is 8.53. The SMILES string of the molecule is CNCCOC(=O)CCC=O. The second-order valence-corrected chi connectivity index (χ2v) is 2.03. The molecule has 0 amide bonds. The standard InChI is InChI=1S/C7H13NO3/c1-8-4-6-11-7(10)3-2-5-9/h5,8H,2-4,6H2,1H3. The molecular formula is C7H13NO3. The fraction of sp³-hybridized carbons (Fsp3) is 0.714. The van der Waals surface area contributed by atoms with E-state index >= 15 is 0 Å². The number of carbonyl (C=O) groups excluding carboxylic acids is 2. The Kier molecular flexibility index (Phi) is 6.62. The van der Waals surface area contributed by atoms with Crippen molar-refractivity contribution in [3.63, 3.8) is 0 Å². The van der Waals surface area contributed by atoms with Crippen LogP contribution in [-0.2, 0) is 14.3 Å². The van der Waals surface area contributed by atoms with Crippen molar-refractivity contribution in [3.8, 4) is 0 Å². The van der Waals surface area contributed by atoms with Crippen molar-refractivity contribution >= 4 is 12.3 Å². The van der Waals surface area contributed by atoms with Crippen LogP contribution in [0.2, 0.25) is 0 Å². The molecule has 0 aromatic heterocycles. The summed E-state index contributed by atoms with van der Waals surface area (Å²) in [6.07, 6.45) is 1.14. The van der Waals surface area contributed by atoms with Crippen molar-refractivity contribution in [2.45, 2.75) is 12.8 Å². The van der Waals surface area contributed by atoms with Crippen LogP contribution in [-0.4, -0.2) is 32.5 Å². The molecule has 0 aliphatic carbocycles. The molecule has 0 aliphatic heterocycles. The summed E-state index contributed by atoms with van der Waals surface area (Å²) in [5.41, 5.74) is 0.